The number of amides is 1. The van der Waals surface area contributed by atoms with Crippen LogP contribution in [0.5, 0.6) is 0 Å². The van der Waals surface area contributed by atoms with Gasteiger partial charge in [0.15, 0.2) is 5.69 Å². The number of nitrogens with one attached hydrogen (secondary N) is 2. The minimum atomic E-state index is -0.177. The van der Waals surface area contributed by atoms with Crippen LogP contribution in [0.1, 0.15) is 42.7 Å². The molecule has 128 valence electrons. The molecule has 0 saturated carbocycles. The second-order valence-corrected chi connectivity index (χ2v) is 6.26. The van der Waals surface area contributed by atoms with E-state index in [2.05, 4.69) is 46.8 Å². The van der Waals surface area contributed by atoms with Gasteiger partial charge < -0.3 is 10.6 Å². The summed E-state index contributed by atoms with van der Waals surface area (Å²) in [5, 5.41) is 14.1. The van der Waals surface area contributed by atoms with E-state index in [-0.39, 0.29) is 5.91 Å². The quantitative estimate of drug-likeness (QED) is 0.694. The van der Waals surface area contributed by atoms with Gasteiger partial charge in [-0.1, -0.05) is 44.2 Å². The van der Waals surface area contributed by atoms with E-state index in [4.69, 9.17) is 0 Å². The molecular weight excluding hydrogens is 300 g/mol. The van der Waals surface area contributed by atoms with E-state index < -0.39 is 0 Å². The molecule has 0 atom stereocenters. The van der Waals surface area contributed by atoms with Crippen molar-refractivity contribution in [1.29, 1.82) is 0 Å². The Balaban J connectivity index is 1.70. The first kappa shape index (κ1) is 17.9. The summed E-state index contributed by atoms with van der Waals surface area (Å²) in [7, 11) is 0. The Kier molecular flexibility index (Phi) is 7.21. The smallest absolute Gasteiger partial charge is 0.271 e. The van der Waals surface area contributed by atoms with Crippen molar-refractivity contribution in [3.63, 3.8) is 0 Å². The lowest BCUT2D eigenvalue weighted by molar-refractivity contribution is 0.0947. The summed E-state index contributed by atoms with van der Waals surface area (Å²) in [4.78, 5) is 12.0. The molecule has 5 nitrogen and oxygen atoms in total. The third kappa shape index (κ3) is 6.36. The Hall–Kier alpha value is -2.43. The van der Waals surface area contributed by atoms with Gasteiger partial charge in [-0.15, -0.1) is 10.2 Å². The van der Waals surface area contributed by atoms with E-state index in [1.54, 1.807) is 12.1 Å². The molecule has 0 bridgehead atoms. The van der Waals surface area contributed by atoms with Gasteiger partial charge in [-0.25, -0.2) is 0 Å². The van der Waals surface area contributed by atoms with E-state index in [0.717, 1.165) is 25.8 Å². The highest BCUT2D eigenvalue weighted by Crippen LogP contribution is 2.05. The Morgan fingerprint density at radius 2 is 1.83 bits per heavy atom. The highest BCUT2D eigenvalue weighted by Gasteiger charge is 2.07. The van der Waals surface area contributed by atoms with Crippen LogP contribution in [-0.4, -0.2) is 29.2 Å². The maximum Gasteiger partial charge on any atom is 0.271 e. The number of hydrogen-bond acceptors (Lipinski definition) is 4. The Labute approximate surface area is 143 Å². The number of nitrogens with zero attached hydrogens (tertiary/aromatic N) is 2. The number of aromatic nitrogens is 2. The molecule has 1 heterocycles. The zero-order valence-corrected chi connectivity index (χ0v) is 14.5. The highest BCUT2D eigenvalue weighted by atomic mass is 16.1. The van der Waals surface area contributed by atoms with Crippen molar-refractivity contribution in [3.8, 4) is 0 Å². The van der Waals surface area contributed by atoms with Gasteiger partial charge in [0.25, 0.3) is 5.91 Å². The summed E-state index contributed by atoms with van der Waals surface area (Å²) in [6, 6.07) is 13.8. The molecular formula is C19H26N4O. The van der Waals surface area contributed by atoms with Crippen LogP contribution < -0.4 is 10.6 Å². The van der Waals surface area contributed by atoms with Gasteiger partial charge in [0.2, 0.25) is 0 Å². The molecule has 0 fully saturated rings. The molecule has 5 heteroatoms. The van der Waals surface area contributed by atoms with Crippen LogP contribution in [0.2, 0.25) is 0 Å². The minimum absolute atomic E-state index is 0.177. The van der Waals surface area contributed by atoms with E-state index in [1.807, 2.05) is 18.2 Å². The maximum absolute atomic E-state index is 12.0. The fourth-order valence-electron chi connectivity index (χ4n) is 2.27. The standard InChI is InChI=1S/C19H26N4O/c1-15(2)12-14-20-18-11-10-17(22-23-18)19(24)21-13-6-9-16-7-4-3-5-8-16/h3-5,7-8,10-11,15H,6,9,12-14H2,1-2H3,(H,20,23)(H,21,24). The summed E-state index contributed by atoms with van der Waals surface area (Å²) in [6.07, 6.45) is 2.93. The molecule has 1 aromatic heterocycles. The number of aryl methyl sites for hydroxylation is 1. The second-order valence-electron chi connectivity index (χ2n) is 6.26. The van der Waals surface area contributed by atoms with Gasteiger partial charge >= 0.3 is 0 Å². The first-order valence-electron chi connectivity index (χ1n) is 8.55. The van der Waals surface area contributed by atoms with Gasteiger partial charge in [-0.2, -0.15) is 0 Å². The lowest BCUT2D eigenvalue weighted by atomic mass is 10.1. The summed E-state index contributed by atoms with van der Waals surface area (Å²) in [5.41, 5.74) is 1.63. The molecule has 1 aromatic carbocycles. The molecule has 0 radical (unpaired) electrons. The Morgan fingerprint density at radius 3 is 2.50 bits per heavy atom. The number of carbonyl (C=O) groups is 1. The molecule has 0 saturated heterocycles. The molecule has 0 aliphatic rings. The second kappa shape index (κ2) is 9.65. The fraction of sp³-hybridized carbons (Fsp3) is 0.421. The topological polar surface area (TPSA) is 66.9 Å². The monoisotopic (exact) mass is 326 g/mol. The van der Waals surface area contributed by atoms with Crippen molar-refractivity contribution in [2.45, 2.75) is 33.1 Å². The number of rotatable bonds is 9. The Bertz CT molecular complexity index is 611. The van der Waals surface area contributed by atoms with Crippen LogP contribution in [-0.2, 0) is 6.42 Å². The maximum atomic E-state index is 12.0. The molecule has 0 unspecified atom stereocenters. The largest absolute Gasteiger partial charge is 0.369 e. The minimum Gasteiger partial charge on any atom is -0.369 e. The lowest BCUT2D eigenvalue weighted by Crippen LogP contribution is -2.26. The van der Waals surface area contributed by atoms with Crippen LogP contribution in [0.4, 0.5) is 5.82 Å². The highest BCUT2D eigenvalue weighted by molar-refractivity contribution is 5.92. The van der Waals surface area contributed by atoms with Crippen LogP contribution in [0.25, 0.3) is 0 Å². The van der Waals surface area contributed by atoms with E-state index in [0.29, 0.717) is 24.0 Å². The van der Waals surface area contributed by atoms with E-state index in [9.17, 15) is 4.79 Å². The van der Waals surface area contributed by atoms with E-state index >= 15 is 0 Å². The number of benzene rings is 1. The number of anilines is 1. The molecule has 0 aliphatic heterocycles. The average molecular weight is 326 g/mol. The first-order valence-corrected chi connectivity index (χ1v) is 8.55. The van der Waals surface area contributed by atoms with Gasteiger partial charge in [-0.3, -0.25) is 4.79 Å². The first-order chi connectivity index (χ1) is 11.6. The molecule has 24 heavy (non-hydrogen) atoms. The van der Waals surface area contributed by atoms with Crippen molar-refractivity contribution in [1.82, 2.24) is 15.5 Å². The van der Waals surface area contributed by atoms with Gasteiger partial charge in [-0.05, 0) is 42.9 Å². The van der Waals surface area contributed by atoms with Crippen LogP contribution in [0, 0.1) is 5.92 Å². The summed E-state index contributed by atoms with van der Waals surface area (Å²) in [6.45, 7) is 5.85. The number of carbonyl (C=O) groups excluding carboxylic acids is 1. The average Bonchev–Trinajstić information content (AvgIpc) is 2.60. The van der Waals surface area contributed by atoms with Crippen molar-refractivity contribution >= 4 is 11.7 Å². The molecule has 2 aromatic rings. The van der Waals surface area contributed by atoms with Crippen LogP contribution >= 0.6 is 0 Å². The molecule has 2 N–H and O–H groups in total. The van der Waals surface area contributed by atoms with Gasteiger partial charge in [0.1, 0.15) is 5.82 Å². The van der Waals surface area contributed by atoms with Gasteiger partial charge in [0.05, 0.1) is 0 Å². The lowest BCUT2D eigenvalue weighted by Gasteiger charge is -2.08. The van der Waals surface area contributed by atoms with Crippen molar-refractivity contribution in [2.24, 2.45) is 5.92 Å². The summed E-state index contributed by atoms with van der Waals surface area (Å²) >= 11 is 0. The SMILES string of the molecule is CC(C)CCNc1ccc(C(=O)NCCCc2ccccc2)nn1. The van der Waals surface area contributed by atoms with Crippen molar-refractivity contribution in [3.05, 3.63) is 53.7 Å². The number of hydrogen-bond donors (Lipinski definition) is 2. The predicted octanol–water partition coefficient (Wildman–Crippen LogP) is 3.30. The van der Waals surface area contributed by atoms with Crippen LogP contribution in [0.3, 0.4) is 0 Å². The van der Waals surface area contributed by atoms with Crippen LogP contribution in [0.15, 0.2) is 42.5 Å². The molecule has 0 aliphatic carbocycles. The summed E-state index contributed by atoms with van der Waals surface area (Å²) < 4.78 is 0. The fourth-order valence-corrected chi connectivity index (χ4v) is 2.27. The third-order valence-corrected chi connectivity index (χ3v) is 3.70. The van der Waals surface area contributed by atoms with E-state index in [1.165, 1.54) is 5.56 Å². The predicted molar refractivity (Wildman–Crippen MR) is 97.1 cm³/mol. The molecule has 1 amide bonds. The zero-order chi connectivity index (χ0) is 17.2. The Morgan fingerprint density at radius 1 is 1.04 bits per heavy atom. The summed E-state index contributed by atoms with van der Waals surface area (Å²) in [5.74, 6) is 1.17. The molecule has 2 rings (SSSR count). The van der Waals surface area contributed by atoms with Crippen molar-refractivity contribution in [2.75, 3.05) is 18.4 Å². The zero-order valence-electron chi connectivity index (χ0n) is 14.5. The third-order valence-electron chi connectivity index (χ3n) is 3.70. The van der Waals surface area contributed by atoms with Crippen molar-refractivity contribution < 1.29 is 4.79 Å². The van der Waals surface area contributed by atoms with Gasteiger partial charge in [0, 0.05) is 13.1 Å². The normalized spacial score (nSPS) is 10.6. The molecule has 0 spiro atoms.